The average Bonchev–Trinajstić information content (AvgIpc) is 3.15. The van der Waals surface area contributed by atoms with Gasteiger partial charge < -0.3 is 9.64 Å². The van der Waals surface area contributed by atoms with Crippen molar-refractivity contribution in [2.75, 3.05) is 44.3 Å². The molecule has 1 atom stereocenters. The van der Waals surface area contributed by atoms with Crippen LogP contribution in [0.2, 0.25) is 5.02 Å². The predicted octanol–water partition coefficient (Wildman–Crippen LogP) is 2.25. The molecule has 3 amide bonds. The predicted molar refractivity (Wildman–Crippen MR) is 126 cm³/mol. The first kappa shape index (κ1) is 23.9. The Labute approximate surface area is 203 Å². The number of hydrogen-bond acceptors (Lipinski definition) is 6. The van der Waals surface area contributed by atoms with Crippen LogP contribution in [0.5, 0.6) is 0 Å². The number of anilines is 1. The minimum Gasteiger partial charge on any atom is -0.379 e. The maximum absolute atomic E-state index is 13.4. The summed E-state index contributed by atoms with van der Waals surface area (Å²) in [5, 5.41) is 9.59. The fraction of sp³-hybridized carbons (Fsp3) is 0.360. The minimum absolute atomic E-state index is 0.0751. The smallest absolute Gasteiger partial charge is 0.257 e. The van der Waals surface area contributed by atoms with Crippen LogP contribution in [-0.4, -0.2) is 73.0 Å². The first-order chi connectivity index (χ1) is 16.5. The van der Waals surface area contributed by atoms with E-state index in [1.807, 2.05) is 6.07 Å². The Morgan fingerprint density at radius 2 is 1.76 bits per heavy atom. The van der Waals surface area contributed by atoms with Crippen LogP contribution in [0, 0.1) is 11.3 Å². The number of carbonyl (C=O) groups is 3. The molecule has 2 fully saturated rings. The Bertz CT molecular complexity index is 1090. The van der Waals surface area contributed by atoms with Gasteiger partial charge in [-0.1, -0.05) is 23.7 Å². The van der Waals surface area contributed by atoms with Crippen molar-refractivity contribution in [2.24, 2.45) is 0 Å². The molecule has 0 spiro atoms. The molecule has 0 radical (unpaired) electrons. The number of halogens is 1. The van der Waals surface area contributed by atoms with Crippen molar-refractivity contribution < 1.29 is 19.1 Å². The number of benzene rings is 2. The third-order valence-electron chi connectivity index (χ3n) is 6.10. The number of ether oxygens (including phenoxy) is 1. The monoisotopic (exact) mass is 480 g/mol. The van der Waals surface area contributed by atoms with Gasteiger partial charge in [-0.3, -0.25) is 19.3 Å². The summed E-state index contributed by atoms with van der Waals surface area (Å²) in [5.41, 5.74) is 1.62. The molecule has 4 rings (SSSR count). The number of amides is 3. The number of nitriles is 1. The Kier molecular flexibility index (Phi) is 7.58. The lowest BCUT2D eigenvalue weighted by atomic mass is 10.1. The molecule has 2 aromatic rings. The van der Waals surface area contributed by atoms with Gasteiger partial charge in [0.1, 0.15) is 6.04 Å². The zero-order valence-electron chi connectivity index (χ0n) is 18.7. The van der Waals surface area contributed by atoms with E-state index >= 15 is 0 Å². The summed E-state index contributed by atoms with van der Waals surface area (Å²) in [5.74, 6) is -1.01. The lowest BCUT2D eigenvalue weighted by Crippen LogP contribution is -2.50. The maximum Gasteiger partial charge on any atom is 0.257 e. The molecular formula is C25H25ClN4O4. The molecule has 2 saturated heterocycles. The zero-order valence-corrected chi connectivity index (χ0v) is 19.4. The normalized spacial score (nSPS) is 18.7. The lowest BCUT2D eigenvalue weighted by molar-refractivity contribution is -0.138. The van der Waals surface area contributed by atoms with Gasteiger partial charge in [-0.2, -0.15) is 5.26 Å². The van der Waals surface area contributed by atoms with Crippen molar-refractivity contribution in [1.29, 1.82) is 5.26 Å². The molecule has 2 aliphatic rings. The minimum atomic E-state index is -0.871. The van der Waals surface area contributed by atoms with Gasteiger partial charge in [0.2, 0.25) is 11.8 Å². The Morgan fingerprint density at radius 1 is 1.09 bits per heavy atom. The van der Waals surface area contributed by atoms with E-state index in [0.717, 1.165) is 23.6 Å². The largest absolute Gasteiger partial charge is 0.379 e. The molecule has 0 aromatic heterocycles. The standard InChI is InChI=1S/C25H25ClN4O4/c26-20-5-1-18(2-6-20)15-23(31)29(10-9-28-11-13-34-14-12-28)22-16-24(32)30(25(22)33)21-7-3-19(17-27)4-8-21/h1-8,22H,9-16H2. The lowest BCUT2D eigenvalue weighted by Gasteiger charge is -2.32. The molecule has 8 nitrogen and oxygen atoms in total. The van der Waals surface area contributed by atoms with Crippen LogP contribution in [0.1, 0.15) is 17.5 Å². The highest BCUT2D eigenvalue weighted by Crippen LogP contribution is 2.27. The molecule has 0 N–H and O–H groups in total. The second-order valence-corrected chi connectivity index (χ2v) is 8.73. The molecule has 176 valence electrons. The molecule has 9 heteroatoms. The molecule has 2 aromatic carbocycles. The van der Waals surface area contributed by atoms with Crippen LogP contribution < -0.4 is 4.90 Å². The molecule has 0 aliphatic carbocycles. The zero-order chi connectivity index (χ0) is 24.1. The van der Waals surface area contributed by atoms with Gasteiger partial charge in [-0.25, -0.2) is 4.90 Å². The third kappa shape index (κ3) is 5.45. The van der Waals surface area contributed by atoms with Gasteiger partial charge in [0.25, 0.3) is 5.91 Å². The second-order valence-electron chi connectivity index (χ2n) is 8.29. The van der Waals surface area contributed by atoms with Crippen molar-refractivity contribution in [3.63, 3.8) is 0 Å². The Balaban J connectivity index is 1.54. The van der Waals surface area contributed by atoms with E-state index in [-0.39, 0.29) is 24.7 Å². The first-order valence-electron chi connectivity index (χ1n) is 11.2. The number of carbonyl (C=O) groups excluding carboxylic acids is 3. The SMILES string of the molecule is N#Cc1ccc(N2C(=O)CC(N(CCN3CCOCC3)C(=O)Cc3ccc(Cl)cc3)C2=O)cc1. The average molecular weight is 481 g/mol. The fourth-order valence-corrected chi connectivity index (χ4v) is 4.35. The van der Waals surface area contributed by atoms with Gasteiger partial charge in [0.15, 0.2) is 0 Å². The van der Waals surface area contributed by atoms with E-state index in [4.69, 9.17) is 21.6 Å². The number of rotatable bonds is 7. The van der Waals surface area contributed by atoms with E-state index in [1.165, 1.54) is 4.90 Å². The fourth-order valence-electron chi connectivity index (χ4n) is 4.22. The van der Waals surface area contributed by atoms with Gasteiger partial charge in [-0.15, -0.1) is 0 Å². The highest BCUT2D eigenvalue weighted by Gasteiger charge is 2.44. The van der Waals surface area contributed by atoms with Crippen LogP contribution in [0.3, 0.4) is 0 Å². The molecule has 2 heterocycles. The summed E-state index contributed by atoms with van der Waals surface area (Å²) in [6.07, 6.45) is 0.0312. The number of imide groups is 1. The van der Waals surface area contributed by atoms with E-state index in [2.05, 4.69) is 4.90 Å². The van der Waals surface area contributed by atoms with Crippen molar-refractivity contribution in [2.45, 2.75) is 18.9 Å². The van der Waals surface area contributed by atoms with Crippen molar-refractivity contribution in [3.05, 3.63) is 64.7 Å². The summed E-state index contributed by atoms with van der Waals surface area (Å²) in [6, 6.07) is 14.4. The maximum atomic E-state index is 13.4. The van der Waals surface area contributed by atoms with Crippen LogP contribution in [0.15, 0.2) is 48.5 Å². The van der Waals surface area contributed by atoms with Crippen LogP contribution >= 0.6 is 11.6 Å². The van der Waals surface area contributed by atoms with E-state index in [0.29, 0.717) is 42.6 Å². The summed E-state index contributed by atoms with van der Waals surface area (Å²) in [4.78, 5) is 44.4. The Morgan fingerprint density at radius 3 is 2.41 bits per heavy atom. The van der Waals surface area contributed by atoms with Gasteiger partial charge in [-0.05, 0) is 42.0 Å². The Hall–Kier alpha value is -3.25. The number of hydrogen-bond donors (Lipinski definition) is 0. The summed E-state index contributed by atoms with van der Waals surface area (Å²) < 4.78 is 5.39. The van der Waals surface area contributed by atoms with Gasteiger partial charge in [0.05, 0.1) is 43.4 Å². The van der Waals surface area contributed by atoms with Crippen LogP contribution in [0.25, 0.3) is 0 Å². The van der Waals surface area contributed by atoms with E-state index in [9.17, 15) is 14.4 Å². The molecule has 2 aliphatic heterocycles. The molecule has 0 bridgehead atoms. The van der Waals surface area contributed by atoms with Crippen molar-refractivity contribution in [1.82, 2.24) is 9.80 Å². The topological polar surface area (TPSA) is 93.9 Å². The van der Waals surface area contributed by atoms with Crippen LogP contribution in [0.4, 0.5) is 5.69 Å². The van der Waals surface area contributed by atoms with Gasteiger partial charge >= 0.3 is 0 Å². The number of nitrogens with zero attached hydrogens (tertiary/aromatic N) is 4. The van der Waals surface area contributed by atoms with Crippen molar-refractivity contribution in [3.8, 4) is 6.07 Å². The van der Waals surface area contributed by atoms with Crippen molar-refractivity contribution >= 4 is 35.0 Å². The quantitative estimate of drug-likeness (QED) is 0.564. The van der Waals surface area contributed by atoms with E-state index in [1.54, 1.807) is 48.5 Å². The highest BCUT2D eigenvalue weighted by atomic mass is 35.5. The summed E-state index contributed by atoms with van der Waals surface area (Å²) in [6.45, 7) is 3.70. The van der Waals surface area contributed by atoms with E-state index < -0.39 is 11.9 Å². The van der Waals surface area contributed by atoms with Gasteiger partial charge in [0, 0.05) is 31.2 Å². The first-order valence-corrected chi connectivity index (χ1v) is 11.5. The third-order valence-corrected chi connectivity index (χ3v) is 6.36. The van der Waals surface area contributed by atoms with Crippen LogP contribution in [-0.2, 0) is 25.5 Å². The molecular weight excluding hydrogens is 456 g/mol. The molecule has 34 heavy (non-hydrogen) atoms. The summed E-state index contributed by atoms with van der Waals surface area (Å²) >= 11 is 5.96. The number of morpholine rings is 1. The molecule has 1 unspecified atom stereocenters. The second kappa shape index (κ2) is 10.8. The highest BCUT2D eigenvalue weighted by molar-refractivity contribution is 6.30. The summed E-state index contributed by atoms with van der Waals surface area (Å²) in [7, 11) is 0. The molecule has 0 saturated carbocycles.